The third-order valence-corrected chi connectivity index (χ3v) is 1.97. The summed E-state index contributed by atoms with van der Waals surface area (Å²) in [5.41, 5.74) is 0.960. The summed E-state index contributed by atoms with van der Waals surface area (Å²) in [5, 5.41) is 26.4. The molecular formula is C13H7N3. The van der Waals surface area contributed by atoms with E-state index in [0.29, 0.717) is 11.1 Å². The van der Waals surface area contributed by atoms with Crippen molar-refractivity contribution in [3.8, 4) is 18.2 Å². The Morgan fingerprint density at radius 1 is 0.938 bits per heavy atom. The van der Waals surface area contributed by atoms with Crippen LogP contribution in [0, 0.1) is 34.0 Å². The van der Waals surface area contributed by atoms with Gasteiger partial charge in [-0.3, -0.25) is 0 Å². The van der Waals surface area contributed by atoms with Gasteiger partial charge in [0.15, 0.2) is 0 Å². The summed E-state index contributed by atoms with van der Waals surface area (Å²) >= 11 is 0. The second-order valence-corrected chi connectivity index (χ2v) is 2.93. The number of nitrogens with zero attached hydrogens (tertiary/aromatic N) is 3. The largest absolute Gasteiger partial charge is 0.192 e. The Morgan fingerprint density at radius 3 is 1.94 bits per heavy atom. The second-order valence-electron chi connectivity index (χ2n) is 2.93. The molecule has 0 fully saturated rings. The van der Waals surface area contributed by atoms with Crippen LogP contribution in [0.15, 0.2) is 48.1 Å². The maximum atomic E-state index is 8.82. The quantitative estimate of drug-likeness (QED) is 0.550. The summed E-state index contributed by atoms with van der Waals surface area (Å²) in [6.07, 6.45) is 0. The second kappa shape index (κ2) is 5.15. The summed E-state index contributed by atoms with van der Waals surface area (Å²) < 4.78 is 0. The van der Waals surface area contributed by atoms with Gasteiger partial charge in [0.25, 0.3) is 0 Å². The van der Waals surface area contributed by atoms with Gasteiger partial charge in [0.05, 0.1) is 11.6 Å². The smallest absolute Gasteiger partial charge is 0.138 e. The molecule has 0 aliphatic heterocycles. The molecule has 1 aromatic carbocycles. The average molecular weight is 205 g/mol. The Labute approximate surface area is 93.8 Å². The summed E-state index contributed by atoms with van der Waals surface area (Å²) in [5.74, 6) is 0. The standard InChI is InChI=1S/C13H7N3/c1-10(7-14)13(12(8-15)9-16)11-5-3-2-4-6-11/h2-6H,1H2. The van der Waals surface area contributed by atoms with Crippen molar-refractivity contribution in [2.45, 2.75) is 0 Å². The van der Waals surface area contributed by atoms with Gasteiger partial charge in [0, 0.05) is 5.57 Å². The molecule has 0 aliphatic carbocycles. The highest BCUT2D eigenvalue weighted by atomic mass is 14.3. The summed E-state index contributed by atoms with van der Waals surface area (Å²) in [6, 6.07) is 14.2. The Hall–Kier alpha value is -2.83. The van der Waals surface area contributed by atoms with Gasteiger partial charge >= 0.3 is 0 Å². The van der Waals surface area contributed by atoms with E-state index in [-0.39, 0.29) is 11.1 Å². The maximum Gasteiger partial charge on any atom is 0.138 e. The molecule has 3 heteroatoms. The molecule has 0 saturated carbocycles. The fourth-order valence-electron chi connectivity index (χ4n) is 1.27. The Kier molecular flexibility index (Phi) is 3.62. The fourth-order valence-corrected chi connectivity index (χ4v) is 1.27. The summed E-state index contributed by atoms with van der Waals surface area (Å²) in [7, 11) is 0. The SMILES string of the molecule is C=C(C#N)C(=C(C#N)C#N)c1ccccc1. The van der Waals surface area contributed by atoms with E-state index in [4.69, 9.17) is 15.8 Å². The van der Waals surface area contributed by atoms with E-state index in [1.54, 1.807) is 36.4 Å². The molecule has 74 valence electrons. The zero-order valence-electron chi connectivity index (χ0n) is 8.44. The monoisotopic (exact) mass is 205 g/mol. The van der Waals surface area contributed by atoms with Crippen molar-refractivity contribution in [3.63, 3.8) is 0 Å². The van der Waals surface area contributed by atoms with Crippen LogP contribution in [-0.2, 0) is 0 Å². The number of hydrogen-bond acceptors (Lipinski definition) is 3. The highest BCUT2D eigenvalue weighted by Gasteiger charge is 2.11. The molecule has 0 unspecified atom stereocenters. The first-order chi connectivity index (χ1) is 7.74. The van der Waals surface area contributed by atoms with Crippen molar-refractivity contribution in [2.75, 3.05) is 0 Å². The molecule has 16 heavy (non-hydrogen) atoms. The molecule has 0 aromatic heterocycles. The van der Waals surface area contributed by atoms with Crippen molar-refractivity contribution in [3.05, 3.63) is 53.6 Å². The van der Waals surface area contributed by atoms with Crippen LogP contribution in [0.5, 0.6) is 0 Å². The molecule has 0 spiro atoms. The lowest BCUT2D eigenvalue weighted by Crippen LogP contribution is -1.91. The molecule has 3 nitrogen and oxygen atoms in total. The van der Waals surface area contributed by atoms with Gasteiger partial charge in [-0.1, -0.05) is 36.9 Å². The van der Waals surface area contributed by atoms with Gasteiger partial charge in [-0.15, -0.1) is 0 Å². The van der Waals surface area contributed by atoms with Gasteiger partial charge < -0.3 is 0 Å². The Morgan fingerprint density at radius 2 is 1.50 bits per heavy atom. The van der Waals surface area contributed by atoms with Crippen molar-refractivity contribution in [1.82, 2.24) is 0 Å². The lowest BCUT2D eigenvalue weighted by atomic mass is 9.95. The number of nitriles is 3. The fraction of sp³-hybridized carbons (Fsp3) is 0. The van der Waals surface area contributed by atoms with E-state index in [1.807, 2.05) is 12.1 Å². The first-order valence-corrected chi connectivity index (χ1v) is 4.44. The normalized spacial score (nSPS) is 8.06. The first-order valence-electron chi connectivity index (χ1n) is 4.44. The summed E-state index contributed by atoms with van der Waals surface area (Å²) in [4.78, 5) is 0. The van der Waals surface area contributed by atoms with Gasteiger partial charge in [-0.05, 0) is 5.56 Å². The molecule has 0 aliphatic rings. The lowest BCUT2D eigenvalue weighted by Gasteiger charge is -2.04. The van der Waals surface area contributed by atoms with E-state index in [2.05, 4.69) is 6.58 Å². The molecule has 1 aromatic rings. The summed E-state index contributed by atoms with van der Waals surface area (Å²) in [6.45, 7) is 3.55. The molecule has 0 atom stereocenters. The molecule has 0 amide bonds. The zero-order chi connectivity index (χ0) is 12.0. The van der Waals surface area contributed by atoms with Crippen LogP contribution in [0.25, 0.3) is 5.57 Å². The highest BCUT2D eigenvalue weighted by Crippen LogP contribution is 2.24. The predicted molar refractivity (Wildman–Crippen MR) is 59.3 cm³/mol. The van der Waals surface area contributed by atoms with Crippen LogP contribution in [0.4, 0.5) is 0 Å². The van der Waals surface area contributed by atoms with Gasteiger partial charge in [0.2, 0.25) is 0 Å². The average Bonchev–Trinajstić information content (AvgIpc) is 2.36. The molecule has 0 radical (unpaired) electrons. The Balaban J connectivity index is 3.49. The molecular weight excluding hydrogens is 198 g/mol. The van der Waals surface area contributed by atoms with E-state index in [0.717, 1.165) is 0 Å². The third-order valence-electron chi connectivity index (χ3n) is 1.97. The molecule has 0 N–H and O–H groups in total. The molecule has 0 heterocycles. The van der Waals surface area contributed by atoms with Crippen LogP contribution in [0.3, 0.4) is 0 Å². The van der Waals surface area contributed by atoms with Crippen LogP contribution >= 0.6 is 0 Å². The van der Waals surface area contributed by atoms with Crippen molar-refractivity contribution in [2.24, 2.45) is 0 Å². The van der Waals surface area contributed by atoms with Crippen LogP contribution in [-0.4, -0.2) is 0 Å². The lowest BCUT2D eigenvalue weighted by molar-refractivity contribution is 1.44. The third kappa shape index (κ3) is 2.15. The molecule has 1 rings (SSSR count). The first kappa shape index (κ1) is 11.2. The van der Waals surface area contributed by atoms with E-state index < -0.39 is 0 Å². The van der Waals surface area contributed by atoms with Gasteiger partial charge in [-0.2, -0.15) is 15.8 Å². The minimum atomic E-state index is -0.0993. The predicted octanol–water partition coefficient (Wildman–Crippen LogP) is 2.57. The molecule has 0 saturated heterocycles. The van der Waals surface area contributed by atoms with Crippen molar-refractivity contribution >= 4 is 5.57 Å². The van der Waals surface area contributed by atoms with E-state index in [1.165, 1.54) is 0 Å². The number of allylic oxidation sites excluding steroid dienone is 3. The minimum absolute atomic E-state index is 0.0993. The van der Waals surface area contributed by atoms with Gasteiger partial charge in [0.1, 0.15) is 17.7 Å². The molecule has 0 bridgehead atoms. The van der Waals surface area contributed by atoms with E-state index >= 15 is 0 Å². The van der Waals surface area contributed by atoms with E-state index in [9.17, 15) is 0 Å². The van der Waals surface area contributed by atoms with Crippen molar-refractivity contribution < 1.29 is 0 Å². The van der Waals surface area contributed by atoms with Crippen LogP contribution in [0.1, 0.15) is 5.56 Å². The number of hydrogen-bond donors (Lipinski definition) is 0. The minimum Gasteiger partial charge on any atom is -0.192 e. The van der Waals surface area contributed by atoms with Crippen LogP contribution < -0.4 is 0 Å². The maximum absolute atomic E-state index is 8.82. The van der Waals surface area contributed by atoms with Crippen molar-refractivity contribution in [1.29, 1.82) is 15.8 Å². The number of benzene rings is 1. The Bertz CT molecular complexity index is 544. The zero-order valence-corrected chi connectivity index (χ0v) is 8.44. The van der Waals surface area contributed by atoms with Crippen LogP contribution in [0.2, 0.25) is 0 Å². The highest BCUT2D eigenvalue weighted by molar-refractivity contribution is 5.88. The van der Waals surface area contributed by atoms with Gasteiger partial charge in [-0.25, -0.2) is 0 Å². The number of rotatable bonds is 2. The topological polar surface area (TPSA) is 71.4 Å².